The van der Waals surface area contributed by atoms with Crippen LogP contribution in [0.1, 0.15) is 5.56 Å². The van der Waals surface area contributed by atoms with Gasteiger partial charge in [0.25, 0.3) is 0 Å². The molecule has 0 atom stereocenters. The average Bonchev–Trinajstić information content (AvgIpc) is 2.08. The minimum absolute atomic E-state index is 0. The minimum atomic E-state index is 0. The Balaban J connectivity index is 0. The van der Waals surface area contributed by atoms with E-state index in [1.165, 1.54) is 11.6 Å². The van der Waals surface area contributed by atoms with Gasteiger partial charge in [0.05, 0.1) is 0 Å². The van der Waals surface area contributed by atoms with Crippen LogP contribution in [0.15, 0.2) is 49.6 Å². The zero-order valence-corrected chi connectivity index (χ0v) is 7.66. The van der Waals surface area contributed by atoms with Crippen LogP contribution in [0.25, 0.3) is 6.08 Å². The van der Waals surface area contributed by atoms with Crippen LogP contribution in [0.3, 0.4) is 0 Å². The van der Waals surface area contributed by atoms with E-state index in [4.69, 9.17) is 0 Å². The smallest absolute Gasteiger partial charge is 0.245 e. The second kappa shape index (κ2) is 10.2. The van der Waals surface area contributed by atoms with Gasteiger partial charge in [0.15, 0.2) is 0 Å². The normalized spacial score (nSPS) is 6.67. The van der Waals surface area contributed by atoms with Gasteiger partial charge in [0.1, 0.15) is 0 Å². The summed E-state index contributed by atoms with van der Waals surface area (Å²) < 4.78 is 0. The van der Waals surface area contributed by atoms with Crippen LogP contribution < -0.4 is 18.9 Å². The molecule has 0 aliphatic rings. The summed E-state index contributed by atoms with van der Waals surface area (Å²) in [5, 5.41) is 0. The molecular weight excluding hydrogens is 139 g/mol. The van der Waals surface area contributed by atoms with Gasteiger partial charge in [0.2, 0.25) is 0 Å². The number of rotatable bonds is 1. The summed E-state index contributed by atoms with van der Waals surface area (Å²) in [6.07, 6.45) is 3.33. The van der Waals surface area contributed by atoms with Gasteiger partial charge in [-0.05, 0) is 5.56 Å². The van der Waals surface area contributed by atoms with Crippen molar-refractivity contribution in [3.63, 3.8) is 0 Å². The van der Waals surface area contributed by atoms with Crippen molar-refractivity contribution in [3.05, 3.63) is 62.1 Å². The van der Waals surface area contributed by atoms with E-state index in [1.54, 1.807) is 0 Å². The van der Waals surface area contributed by atoms with Crippen LogP contribution in [0.2, 0.25) is 0 Å². The van der Waals surface area contributed by atoms with Crippen molar-refractivity contribution in [1.29, 1.82) is 0 Å². The zero-order valence-electron chi connectivity index (χ0n) is 7.66. The quantitative estimate of drug-likeness (QED) is 0.402. The molecule has 0 bridgehead atoms. The third kappa shape index (κ3) is 7.28. The van der Waals surface area contributed by atoms with Crippen molar-refractivity contribution in [1.82, 2.24) is 0 Å². The van der Waals surface area contributed by atoms with Gasteiger partial charge in [-0.25, -0.2) is 19.6 Å². The first-order valence-electron chi connectivity index (χ1n) is 3.42. The van der Waals surface area contributed by atoms with Crippen molar-refractivity contribution in [2.24, 2.45) is 0 Å². The molecule has 0 saturated heterocycles. The molecule has 0 heterocycles. The van der Waals surface area contributed by atoms with Gasteiger partial charge in [-0.3, -0.25) is 0 Å². The topological polar surface area (TPSA) is 0 Å². The molecule has 0 saturated carbocycles. The molecule has 0 fully saturated rings. The van der Waals surface area contributed by atoms with Crippen LogP contribution in [-0.4, -0.2) is 0 Å². The summed E-state index contributed by atoms with van der Waals surface area (Å²) in [5.74, 6) is 0. The fraction of sp³-hybridized carbons (Fsp3) is 0. The summed E-state index contributed by atoms with van der Waals surface area (Å²) in [6, 6.07) is 10.0. The predicted octanol–water partition coefficient (Wildman–Crippen LogP) is 0.340. The summed E-state index contributed by atoms with van der Waals surface area (Å²) >= 11 is 0. The largest absolute Gasteiger partial charge is 1.00 e. The third-order valence-corrected chi connectivity index (χ3v) is 1.04. The van der Waals surface area contributed by atoms with Crippen molar-refractivity contribution < 1.29 is 18.9 Å². The standard InChI is InChI=1S/C8H8.C3H5.Li/c1-2-8-6-4-3-5-7-8;1-3-2;/h2-7H,1H2;3H,1-2H2;/q;-1;+1. The summed E-state index contributed by atoms with van der Waals surface area (Å²) in [7, 11) is 0. The molecule has 0 aliphatic heterocycles. The first-order chi connectivity index (χ1) is 5.35. The Labute approximate surface area is 87.2 Å². The van der Waals surface area contributed by atoms with Crippen molar-refractivity contribution in [3.8, 4) is 0 Å². The Morgan fingerprint density at radius 2 is 1.50 bits per heavy atom. The van der Waals surface area contributed by atoms with Gasteiger partial charge in [-0.15, -0.1) is 0 Å². The Hall–Kier alpha value is -0.833. The van der Waals surface area contributed by atoms with Crippen LogP contribution >= 0.6 is 0 Å². The van der Waals surface area contributed by atoms with E-state index >= 15 is 0 Å². The van der Waals surface area contributed by atoms with Crippen LogP contribution in [0.4, 0.5) is 0 Å². The summed E-state index contributed by atoms with van der Waals surface area (Å²) in [4.78, 5) is 0. The molecule has 0 N–H and O–H groups in total. The molecular formula is C11H13Li. The first-order valence-corrected chi connectivity index (χ1v) is 3.42. The molecule has 0 nitrogen and oxygen atoms in total. The molecule has 0 radical (unpaired) electrons. The molecule has 0 amide bonds. The Kier molecular flexibility index (Phi) is 11.6. The number of hydrogen-bond acceptors (Lipinski definition) is 0. The molecule has 0 aromatic heterocycles. The zero-order chi connectivity index (χ0) is 8.53. The van der Waals surface area contributed by atoms with Gasteiger partial charge in [-0.1, -0.05) is 43.0 Å². The average molecular weight is 152 g/mol. The van der Waals surface area contributed by atoms with E-state index in [2.05, 4.69) is 20.1 Å². The molecule has 1 aromatic carbocycles. The van der Waals surface area contributed by atoms with E-state index in [9.17, 15) is 0 Å². The SMILES string of the molecule is C=C[CH2-].C=Cc1ccccc1.[Li+]. The van der Waals surface area contributed by atoms with Gasteiger partial charge < -0.3 is 0 Å². The van der Waals surface area contributed by atoms with Crippen LogP contribution in [0, 0.1) is 6.92 Å². The molecule has 0 unspecified atom stereocenters. The molecule has 0 aliphatic carbocycles. The maximum atomic E-state index is 3.63. The first kappa shape index (κ1) is 13.7. The van der Waals surface area contributed by atoms with E-state index in [1.807, 2.05) is 36.4 Å². The molecule has 1 aromatic rings. The van der Waals surface area contributed by atoms with E-state index in [-0.39, 0.29) is 18.9 Å². The van der Waals surface area contributed by atoms with Crippen molar-refractivity contribution in [2.75, 3.05) is 0 Å². The van der Waals surface area contributed by atoms with E-state index < -0.39 is 0 Å². The van der Waals surface area contributed by atoms with Gasteiger partial charge in [0, 0.05) is 0 Å². The molecule has 12 heavy (non-hydrogen) atoms. The monoisotopic (exact) mass is 152 g/mol. The fourth-order valence-electron chi connectivity index (χ4n) is 0.589. The summed E-state index contributed by atoms with van der Waals surface area (Å²) in [6.45, 7) is 10.1. The molecule has 58 valence electrons. The van der Waals surface area contributed by atoms with Crippen LogP contribution in [-0.2, 0) is 0 Å². The molecule has 1 heteroatoms. The van der Waals surface area contributed by atoms with Crippen LogP contribution in [0.5, 0.6) is 0 Å². The molecule has 0 spiro atoms. The minimum Gasteiger partial charge on any atom is -0.245 e. The Bertz CT molecular complexity index is 202. The third-order valence-electron chi connectivity index (χ3n) is 1.04. The Morgan fingerprint density at radius 1 is 1.08 bits per heavy atom. The maximum absolute atomic E-state index is 3.63. The fourth-order valence-corrected chi connectivity index (χ4v) is 0.589. The van der Waals surface area contributed by atoms with E-state index in [0.717, 1.165) is 0 Å². The molecule has 1 rings (SSSR count). The maximum Gasteiger partial charge on any atom is 1.00 e. The Morgan fingerprint density at radius 3 is 1.75 bits per heavy atom. The second-order valence-corrected chi connectivity index (χ2v) is 1.90. The number of hydrogen-bond donors (Lipinski definition) is 0. The number of allylic oxidation sites excluding steroid dienone is 1. The van der Waals surface area contributed by atoms with E-state index in [0.29, 0.717) is 0 Å². The van der Waals surface area contributed by atoms with Crippen molar-refractivity contribution >= 4 is 6.08 Å². The second-order valence-electron chi connectivity index (χ2n) is 1.90. The summed E-state index contributed by atoms with van der Waals surface area (Å²) in [5.41, 5.74) is 1.17. The van der Waals surface area contributed by atoms with Crippen molar-refractivity contribution in [2.45, 2.75) is 0 Å². The number of benzene rings is 1. The predicted molar refractivity (Wildman–Crippen MR) is 52.1 cm³/mol. The van der Waals surface area contributed by atoms with Gasteiger partial charge in [-0.2, -0.15) is 0 Å². The van der Waals surface area contributed by atoms with Gasteiger partial charge >= 0.3 is 18.9 Å².